The molecule has 1 aliphatic carbocycles. The molecule has 32 heavy (non-hydrogen) atoms. The highest BCUT2D eigenvalue weighted by Gasteiger charge is 2.28. The van der Waals surface area contributed by atoms with Crippen LogP contribution in [0.3, 0.4) is 0 Å². The second-order valence-electron chi connectivity index (χ2n) is 7.38. The SMILES string of the molecule is O=C(NCC#Cc1ccc2c(Cl)ncnc2c1)OCC1c2ccccc2-c2ccccc21. The van der Waals surface area contributed by atoms with Crippen molar-refractivity contribution in [1.29, 1.82) is 0 Å². The van der Waals surface area contributed by atoms with E-state index in [0.717, 1.165) is 16.5 Å². The fourth-order valence-corrected chi connectivity index (χ4v) is 4.22. The summed E-state index contributed by atoms with van der Waals surface area (Å²) in [5.41, 5.74) is 6.26. The number of alkyl carbamates (subject to hydrolysis) is 1. The van der Waals surface area contributed by atoms with E-state index >= 15 is 0 Å². The molecule has 1 aliphatic rings. The molecule has 1 aromatic heterocycles. The van der Waals surface area contributed by atoms with Crippen molar-refractivity contribution in [3.05, 3.63) is 94.9 Å². The number of hydrogen-bond acceptors (Lipinski definition) is 4. The Bertz CT molecular complexity index is 1350. The molecular weight excluding hydrogens is 422 g/mol. The van der Waals surface area contributed by atoms with Gasteiger partial charge >= 0.3 is 6.09 Å². The van der Waals surface area contributed by atoms with Gasteiger partial charge in [-0.3, -0.25) is 0 Å². The lowest BCUT2D eigenvalue weighted by atomic mass is 9.98. The van der Waals surface area contributed by atoms with Crippen LogP contribution in [0.5, 0.6) is 0 Å². The summed E-state index contributed by atoms with van der Waals surface area (Å²) in [6.07, 6.45) is 0.930. The largest absolute Gasteiger partial charge is 0.449 e. The van der Waals surface area contributed by atoms with Crippen molar-refractivity contribution in [1.82, 2.24) is 15.3 Å². The van der Waals surface area contributed by atoms with Gasteiger partial charge in [0.1, 0.15) is 18.1 Å². The van der Waals surface area contributed by atoms with Gasteiger partial charge in [-0.25, -0.2) is 14.8 Å². The minimum atomic E-state index is -0.487. The van der Waals surface area contributed by atoms with Crippen molar-refractivity contribution in [3.8, 4) is 23.0 Å². The number of carbonyl (C=O) groups is 1. The summed E-state index contributed by atoms with van der Waals surface area (Å²) in [7, 11) is 0. The fraction of sp³-hybridized carbons (Fsp3) is 0.115. The normalized spacial score (nSPS) is 11.9. The van der Waals surface area contributed by atoms with Crippen molar-refractivity contribution in [2.45, 2.75) is 5.92 Å². The molecule has 0 saturated heterocycles. The minimum Gasteiger partial charge on any atom is -0.449 e. The monoisotopic (exact) mass is 439 g/mol. The first-order chi connectivity index (χ1) is 15.7. The molecule has 0 aliphatic heterocycles. The van der Waals surface area contributed by atoms with Gasteiger partial charge in [-0.05, 0) is 40.5 Å². The third-order valence-corrected chi connectivity index (χ3v) is 5.79. The topological polar surface area (TPSA) is 64.1 Å². The van der Waals surface area contributed by atoms with Crippen LogP contribution in [0, 0.1) is 11.8 Å². The van der Waals surface area contributed by atoms with E-state index in [1.807, 2.05) is 42.5 Å². The molecule has 5 nitrogen and oxygen atoms in total. The Kier molecular flexibility index (Phi) is 5.45. The number of fused-ring (bicyclic) bond motifs is 4. The third kappa shape index (κ3) is 3.89. The molecule has 0 unspecified atom stereocenters. The quantitative estimate of drug-likeness (QED) is 0.353. The number of nitrogens with zero attached hydrogens (tertiary/aromatic N) is 2. The van der Waals surface area contributed by atoms with Crippen molar-refractivity contribution >= 4 is 28.6 Å². The summed E-state index contributed by atoms with van der Waals surface area (Å²) in [5.74, 6) is 5.98. The first kappa shape index (κ1) is 20.0. The van der Waals surface area contributed by atoms with Gasteiger partial charge in [-0.2, -0.15) is 0 Å². The molecular formula is C26H18ClN3O2. The molecule has 0 bridgehead atoms. The molecule has 156 valence electrons. The Hall–Kier alpha value is -3.88. The zero-order chi connectivity index (χ0) is 21.9. The van der Waals surface area contributed by atoms with Crippen molar-refractivity contribution in [3.63, 3.8) is 0 Å². The highest BCUT2D eigenvalue weighted by Crippen LogP contribution is 2.44. The van der Waals surface area contributed by atoms with Gasteiger partial charge < -0.3 is 10.1 Å². The molecule has 1 amide bonds. The summed E-state index contributed by atoms with van der Waals surface area (Å²) in [6, 6.07) is 22.0. The van der Waals surface area contributed by atoms with E-state index in [1.165, 1.54) is 28.6 Å². The van der Waals surface area contributed by atoms with Gasteiger partial charge in [0.05, 0.1) is 12.1 Å². The van der Waals surface area contributed by atoms with Gasteiger partial charge in [0, 0.05) is 16.9 Å². The lowest BCUT2D eigenvalue weighted by molar-refractivity contribution is 0.144. The molecule has 5 rings (SSSR count). The Morgan fingerprint density at radius 3 is 2.47 bits per heavy atom. The number of aromatic nitrogens is 2. The van der Waals surface area contributed by atoms with Crippen LogP contribution in [0.2, 0.25) is 5.15 Å². The summed E-state index contributed by atoms with van der Waals surface area (Å²) in [6.45, 7) is 0.456. The average Bonchev–Trinajstić information content (AvgIpc) is 3.14. The molecule has 1 N–H and O–H groups in total. The van der Waals surface area contributed by atoms with E-state index in [-0.39, 0.29) is 19.1 Å². The highest BCUT2D eigenvalue weighted by molar-refractivity contribution is 6.34. The van der Waals surface area contributed by atoms with Crippen LogP contribution in [0.25, 0.3) is 22.0 Å². The number of rotatable bonds is 3. The molecule has 4 aromatic rings. The van der Waals surface area contributed by atoms with E-state index in [0.29, 0.717) is 5.15 Å². The predicted octanol–water partition coefficient (Wildman–Crippen LogP) is 5.17. The van der Waals surface area contributed by atoms with Gasteiger partial charge in [0.25, 0.3) is 0 Å². The van der Waals surface area contributed by atoms with E-state index in [4.69, 9.17) is 16.3 Å². The van der Waals surface area contributed by atoms with E-state index in [1.54, 1.807) is 0 Å². The van der Waals surface area contributed by atoms with E-state index < -0.39 is 6.09 Å². The van der Waals surface area contributed by atoms with Crippen LogP contribution >= 0.6 is 11.6 Å². The number of benzene rings is 3. The van der Waals surface area contributed by atoms with Crippen molar-refractivity contribution < 1.29 is 9.53 Å². The average molecular weight is 440 g/mol. The number of nitrogens with one attached hydrogen (secondary N) is 1. The molecule has 0 radical (unpaired) electrons. The summed E-state index contributed by atoms with van der Waals surface area (Å²) in [4.78, 5) is 20.4. The predicted molar refractivity (Wildman–Crippen MR) is 124 cm³/mol. The lowest BCUT2D eigenvalue weighted by Crippen LogP contribution is -2.26. The van der Waals surface area contributed by atoms with Gasteiger partial charge in [0.15, 0.2) is 0 Å². The van der Waals surface area contributed by atoms with Crippen LogP contribution in [0.4, 0.5) is 4.79 Å². The zero-order valence-corrected chi connectivity index (χ0v) is 17.8. The molecule has 6 heteroatoms. The zero-order valence-electron chi connectivity index (χ0n) is 17.0. The van der Waals surface area contributed by atoms with Crippen LogP contribution in [0.15, 0.2) is 73.1 Å². The van der Waals surface area contributed by atoms with Crippen LogP contribution in [-0.4, -0.2) is 29.2 Å². The summed E-state index contributed by atoms with van der Waals surface area (Å²) >= 11 is 6.06. The Morgan fingerprint density at radius 2 is 1.72 bits per heavy atom. The van der Waals surface area contributed by atoms with Gasteiger partial charge in [0.2, 0.25) is 0 Å². The Balaban J connectivity index is 1.19. The number of halogens is 1. The number of hydrogen-bond donors (Lipinski definition) is 1. The van der Waals surface area contributed by atoms with E-state index in [2.05, 4.69) is 51.4 Å². The van der Waals surface area contributed by atoms with Crippen LogP contribution < -0.4 is 5.32 Å². The Morgan fingerprint density at radius 1 is 1.00 bits per heavy atom. The van der Waals surface area contributed by atoms with Crippen LogP contribution in [0.1, 0.15) is 22.6 Å². The maximum atomic E-state index is 12.2. The minimum absolute atomic E-state index is 0.0330. The van der Waals surface area contributed by atoms with Crippen LogP contribution in [-0.2, 0) is 4.74 Å². The first-order valence-corrected chi connectivity index (χ1v) is 10.6. The fourth-order valence-electron chi connectivity index (χ4n) is 4.01. The molecule has 1 heterocycles. The standard InChI is InChI=1S/C26H18ClN3O2/c27-25-22-12-11-17(14-24(22)29-16-30-25)6-5-13-28-26(31)32-15-23-20-9-3-1-7-18(20)19-8-2-4-10-21(19)23/h1-4,7-12,14,16,23H,13,15H2,(H,28,31). The second kappa shape index (κ2) is 8.70. The third-order valence-electron chi connectivity index (χ3n) is 5.49. The van der Waals surface area contributed by atoms with E-state index in [9.17, 15) is 4.79 Å². The first-order valence-electron chi connectivity index (χ1n) is 10.2. The summed E-state index contributed by atoms with van der Waals surface area (Å²) < 4.78 is 5.51. The van der Waals surface area contributed by atoms with Crippen molar-refractivity contribution in [2.75, 3.05) is 13.2 Å². The maximum absolute atomic E-state index is 12.2. The van der Waals surface area contributed by atoms with Crippen molar-refractivity contribution in [2.24, 2.45) is 0 Å². The van der Waals surface area contributed by atoms with Gasteiger partial charge in [-0.1, -0.05) is 72.0 Å². The molecule has 0 spiro atoms. The summed E-state index contributed by atoms with van der Waals surface area (Å²) in [5, 5.41) is 3.87. The number of amides is 1. The highest BCUT2D eigenvalue weighted by atomic mass is 35.5. The molecule has 0 atom stereocenters. The lowest BCUT2D eigenvalue weighted by Gasteiger charge is -2.14. The second-order valence-corrected chi connectivity index (χ2v) is 7.74. The molecule has 0 fully saturated rings. The smallest absolute Gasteiger partial charge is 0.407 e. The number of carbonyl (C=O) groups excluding carboxylic acids is 1. The Labute approximate surface area is 190 Å². The number of ether oxygens (including phenoxy) is 1. The maximum Gasteiger partial charge on any atom is 0.407 e. The molecule has 0 saturated carbocycles. The van der Waals surface area contributed by atoms with Gasteiger partial charge in [-0.15, -0.1) is 0 Å². The molecule has 3 aromatic carbocycles.